The third-order valence-corrected chi connectivity index (χ3v) is 2.59. The first-order valence-corrected chi connectivity index (χ1v) is 5.87. The summed E-state index contributed by atoms with van der Waals surface area (Å²) in [4.78, 5) is 11.8. The molecule has 94 valence electrons. The van der Waals surface area contributed by atoms with Gasteiger partial charge in [0.2, 0.25) is 0 Å². The van der Waals surface area contributed by atoms with Crippen molar-refractivity contribution >= 4 is 5.91 Å². The van der Waals surface area contributed by atoms with Crippen LogP contribution in [0.2, 0.25) is 0 Å². The van der Waals surface area contributed by atoms with E-state index in [1.807, 2.05) is 6.92 Å². The van der Waals surface area contributed by atoms with Gasteiger partial charge in [0.25, 0.3) is 5.91 Å². The molecule has 0 aliphatic heterocycles. The summed E-state index contributed by atoms with van der Waals surface area (Å²) in [5.41, 5.74) is 0.186. The lowest BCUT2D eigenvalue weighted by Gasteiger charge is -2.14. The van der Waals surface area contributed by atoms with Gasteiger partial charge in [-0.05, 0) is 25.5 Å². The highest BCUT2D eigenvalue weighted by molar-refractivity contribution is 5.97. The molecular formula is C13H19NO3. The zero-order valence-electron chi connectivity index (χ0n) is 10.2. The molecule has 0 aliphatic rings. The third kappa shape index (κ3) is 3.98. The molecule has 1 unspecified atom stereocenters. The van der Waals surface area contributed by atoms with Crippen molar-refractivity contribution in [2.75, 3.05) is 0 Å². The first-order valence-electron chi connectivity index (χ1n) is 5.87. The van der Waals surface area contributed by atoms with Gasteiger partial charge in [-0.25, -0.2) is 0 Å². The van der Waals surface area contributed by atoms with Crippen LogP contribution in [0.4, 0.5) is 0 Å². The Bertz CT molecular complexity index is 390. The van der Waals surface area contributed by atoms with Crippen LogP contribution < -0.4 is 5.32 Å². The third-order valence-electron chi connectivity index (χ3n) is 2.59. The summed E-state index contributed by atoms with van der Waals surface area (Å²) in [6.07, 6.45) is 3.06. The van der Waals surface area contributed by atoms with Crippen LogP contribution in [0.3, 0.4) is 0 Å². The quantitative estimate of drug-likeness (QED) is 0.736. The Morgan fingerprint density at radius 3 is 2.71 bits per heavy atom. The van der Waals surface area contributed by atoms with Gasteiger partial charge in [0.1, 0.15) is 11.5 Å². The second-order valence-corrected chi connectivity index (χ2v) is 4.22. The molecule has 0 fully saturated rings. The van der Waals surface area contributed by atoms with Crippen molar-refractivity contribution in [3.8, 4) is 11.5 Å². The monoisotopic (exact) mass is 237 g/mol. The average Bonchev–Trinajstić information content (AvgIpc) is 2.26. The predicted molar refractivity (Wildman–Crippen MR) is 66.2 cm³/mol. The smallest absolute Gasteiger partial charge is 0.255 e. The summed E-state index contributed by atoms with van der Waals surface area (Å²) in [5, 5.41) is 21.5. The summed E-state index contributed by atoms with van der Waals surface area (Å²) < 4.78 is 0. The summed E-state index contributed by atoms with van der Waals surface area (Å²) in [5.74, 6) is -0.575. The molecule has 4 heteroatoms. The van der Waals surface area contributed by atoms with E-state index in [-0.39, 0.29) is 29.0 Å². The minimum absolute atomic E-state index is 0.0573. The number of rotatable bonds is 5. The van der Waals surface area contributed by atoms with E-state index in [0.29, 0.717) is 0 Å². The van der Waals surface area contributed by atoms with Gasteiger partial charge in [-0.15, -0.1) is 0 Å². The maximum absolute atomic E-state index is 11.8. The fourth-order valence-corrected chi connectivity index (χ4v) is 1.60. The van der Waals surface area contributed by atoms with Gasteiger partial charge in [-0.3, -0.25) is 4.79 Å². The van der Waals surface area contributed by atoms with Crippen molar-refractivity contribution in [1.29, 1.82) is 0 Å². The van der Waals surface area contributed by atoms with Crippen LogP contribution in [0.5, 0.6) is 11.5 Å². The van der Waals surface area contributed by atoms with Crippen molar-refractivity contribution in [2.45, 2.75) is 39.2 Å². The molecule has 4 nitrogen and oxygen atoms in total. The lowest BCUT2D eigenvalue weighted by atomic mass is 10.1. The fourth-order valence-electron chi connectivity index (χ4n) is 1.60. The maximum atomic E-state index is 11.8. The van der Waals surface area contributed by atoms with Crippen LogP contribution >= 0.6 is 0 Å². The van der Waals surface area contributed by atoms with E-state index in [0.717, 1.165) is 25.3 Å². The summed E-state index contributed by atoms with van der Waals surface area (Å²) in [6.45, 7) is 4.03. The second-order valence-electron chi connectivity index (χ2n) is 4.22. The number of hydrogen-bond acceptors (Lipinski definition) is 3. The molecule has 0 bridgehead atoms. The number of phenols is 2. The number of phenolic OH excluding ortho intramolecular Hbond substituents is 2. The molecule has 0 heterocycles. The minimum atomic E-state index is -0.314. The van der Waals surface area contributed by atoms with Crippen LogP contribution in [-0.2, 0) is 0 Å². The van der Waals surface area contributed by atoms with Crippen molar-refractivity contribution in [3.05, 3.63) is 23.8 Å². The number of carbonyl (C=O) groups is 1. The minimum Gasteiger partial charge on any atom is -0.508 e. The van der Waals surface area contributed by atoms with E-state index in [9.17, 15) is 9.90 Å². The lowest BCUT2D eigenvalue weighted by molar-refractivity contribution is 0.0935. The van der Waals surface area contributed by atoms with Crippen LogP contribution in [0.1, 0.15) is 43.5 Å². The molecule has 1 aromatic carbocycles. The molecule has 17 heavy (non-hydrogen) atoms. The Kier molecular flexibility index (Phi) is 4.82. The molecule has 0 saturated carbocycles. The van der Waals surface area contributed by atoms with Crippen molar-refractivity contribution in [2.24, 2.45) is 0 Å². The standard InChI is InChI=1S/C13H19NO3/c1-3-4-5-9(2)14-13(17)11-7-6-10(15)8-12(11)16/h6-9,15-16H,3-5H2,1-2H3,(H,14,17). The molecule has 1 aromatic rings. The van der Waals surface area contributed by atoms with Gasteiger partial charge < -0.3 is 15.5 Å². The zero-order valence-corrected chi connectivity index (χ0v) is 10.2. The fraction of sp³-hybridized carbons (Fsp3) is 0.462. The van der Waals surface area contributed by atoms with Crippen molar-refractivity contribution in [3.63, 3.8) is 0 Å². The van der Waals surface area contributed by atoms with E-state index in [1.165, 1.54) is 12.1 Å². The number of unbranched alkanes of at least 4 members (excludes halogenated alkanes) is 1. The van der Waals surface area contributed by atoms with Gasteiger partial charge >= 0.3 is 0 Å². The number of benzene rings is 1. The van der Waals surface area contributed by atoms with Gasteiger partial charge in [0.15, 0.2) is 0 Å². The van der Waals surface area contributed by atoms with Crippen LogP contribution in [-0.4, -0.2) is 22.2 Å². The maximum Gasteiger partial charge on any atom is 0.255 e. The topological polar surface area (TPSA) is 69.6 Å². The van der Waals surface area contributed by atoms with Crippen LogP contribution in [0.25, 0.3) is 0 Å². The Labute approximate surface area is 101 Å². The average molecular weight is 237 g/mol. The molecule has 1 rings (SSSR count). The van der Waals surface area contributed by atoms with Gasteiger partial charge in [0.05, 0.1) is 5.56 Å². The highest BCUT2D eigenvalue weighted by Gasteiger charge is 2.13. The molecule has 0 aromatic heterocycles. The number of nitrogens with one attached hydrogen (secondary N) is 1. The number of carbonyl (C=O) groups excluding carboxylic acids is 1. The molecular weight excluding hydrogens is 218 g/mol. The Balaban J connectivity index is 2.63. The molecule has 0 saturated heterocycles. The van der Waals surface area contributed by atoms with Gasteiger partial charge in [-0.1, -0.05) is 19.8 Å². The lowest BCUT2D eigenvalue weighted by Crippen LogP contribution is -2.32. The van der Waals surface area contributed by atoms with Crippen molar-refractivity contribution in [1.82, 2.24) is 5.32 Å². The van der Waals surface area contributed by atoms with E-state index in [4.69, 9.17) is 5.11 Å². The van der Waals surface area contributed by atoms with E-state index in [1.54, 1.807) is 0 Å². The Morgan fingerprint density at radius 2 is 2.12 bits per heavy atom. The summed E-state index contributed by atoms with van der Waals surface area (Å²) in [6, 6.07) is 4.03. The van der Waals surface area contributed by atoms with Crippen LogP contribution in [0, 0.1) is 0 Å². The first kappa shape index (κ1) is 13.4. The molecule has 0 spiro atoms. The summed E-state index contributed by atoms with van der Waals surface area (Å²) >= 11 is 0. The molecule has 1 amide bonds. The van der Waals surface area contributed by atoms with Crippen molar-refractivity contribution < 1.29 is 15.0 Å². The normalized spacial score (nSPS) is 12.1. The number of aromatic hydroxyl groups is 2. The highest BCUT2D eigenvalue weighted by atomic mass is 16.3. The predicted octanol–water partition coefficient (Wildman–Crippen LogP) is 2.41. The number of amides is 1. The zero-order chi connectivity index (χ0) is 12.8. The van der Waals surface area contributed by atoms with E-state index in [2.05, 4.69) is 12.2 Å². The molecule has 3 N–H and O–H groups in total. The van der Waals surface area contributed by atoms with E-state index < -0.39 is 0 Å². The van der Waals surface area contributed by atoms with Crippen LogP contribution in [0.15, 0.2) is 18.2 Å². The first-order chi connectivity index (χ1) is 8.04. The largest absolute Gasteiger partial charge is 0.508 e. The molecule has 1 atom stereocenters. The van der Waals surface area contributed by atoms with Gasteiger partial charge in [-0.2, -0.15) is 0 Å². The Morgan fingerprint density at radius 1 is 1.41 bits per heavy atom. The SMILES string of the molecule is CCCCC(C)NC(=O)c1ccc(O)cc1O. The van der Waals surface area contributed by atoms with E-state index >= 15 is 0 Å². The van der Waals surface area contributed by atoms with Gasteiger partial charge in [0, 0.05) is 12.1 Å². The number of hydrogen-bond donors (Lipinski definition) is 3. The summed E-state index contributed by atoms with van der Waals surface area (Å²) in [7, 11) is 0. The molecule has 0 aliphatic carbocycles. The Hall–Kier alpha value is -1.71. The second kappa shape index (κ2) is 6.13. The highest BCUT2D eigenvalue weighted by Crippen LogP contribution is 2.22. The molecule has 0 radical (unpaired) electrons.